The number of rotatable bonds is 17. The summed E-state index contributed by atoms with van der Waals surface area (Å²) in [5, 5.41) is 0. The summed E-state index contributed by atoms with van der Waals surface area (Å²) in [6.45, 7) is 12.7. The molecule has 0 unspecified atom stereocenters. The molecule has 2 aromatic carbocycles. The molecule has 0 aliphatic rings. The zero-order valence-corrected chi connectivity index (χ0v) is 25.7. The Morgan fingerprint density at radius 3 is 1.38 bits per heavy atom. The molecule has 0 spiro atoms. The molecule has 0 radical (unpaired) electrons. The molecular formula is C30H38S2Se2. The van der Waals surface area contributed by atoms with Crippen LogP contribution in [0.1, 0.15) is 63.5 Å². The van der Waals surface area contributed by atoms with E-state index in [1.165, 1.54) is 59.5 Å². The maximum atomic E-state index is 4.09. The Hall–Kier alpha value is -0.861. The number of thioether (sulfide) groups is 2. The summed E-state index contributed by atoms with van der Waals surface area (Å²) in [6.07, 6.45) is 11.1. The predicted molar refractivity (Wildman–Crippen MR) is 163 cm³/mol. The van der Waals surface area contributed by atoms with Gasteiger partial charge in [-0.1, -0.05) is 0 Å². The molecule has 0 heterocycles. The van der Waals surface area contributed by atoms with E-state index in [0.29, 0.717) is 26.3 Å². The SMILES string of the molecule is C=CC/C(=C(/SCCCC)[Se][Se]/C(SCCCC)=C(\CC=C)c1ccccc1)c1ccccc1. The first-order valence-corrected chi connectivity index (χ1v) is 20.2. The van der Waals surface area contributed by atoms with E-state index in [9.17, 15) is 0 Å². The first-order valence-electron chi connectivity index (χ1n) is 12.1. The van der Waals surface area contributed by atoms with Crippen molar-refractivity contribution in [2.75, 3.05) is 11.5 Å². The molecule has 0 nitrogen and oxygen atoms in total. The van der Waals surface area contributed by atoms with Crippen LogP contribution in [0.2, 0.25) is 0 Å². The second kappa shape index (κ2) is 18.4. The zero-order valence-electron chi connectivity index (χ0n) is 20.6. The second-order valence-electron chi connectivity index (χ2n) is 7.82. The van der Waals surface area contributed by atoms with E-state index in [-0.39, 0.29) is 0 Å². The molecule has 0 saturated heterocycles. The van der Waals surface area contributed by atoms with Crippen molar-refractivity contribution in [3.63, 3.8) is 0 Å². The van der Waals surface area contributed by atoms with Gasteiger partial charge in [0.15, 0.2) is 0 Å². The van der Waals surface area contributed by atoms with Crippen molar-refractivity contribution in [2.45, 2.75) is 52.4 Å². The summed E-state index contributed by atoms with van der Waals surface area (Å²) in [4.78, 5) is 0. The van der Waals surface area contributed by atoms with Gasteiger partial charge >= 0.3 is 230 Å². The molecule has 4 heteroatoms. The molecule has 0 aliphatic carbocycles. The van der Waals surface area contributed by atoms with E-state index in [0.717, 1.165) is 12.8 Å². The third-order valence-electron chi connectivity index (χ3n) is 5.09. The molecule has 2 rings (SSSR count). The van der Waals surface area contributed by atoms with Gasteiger partial charge in [-0.05, 0) is 0 Å². The van der Waals surface area contributed by atoms with E-state index in [1.807, 2.05) is 0 Å². The fraction of sp³-hybridized carbons (Fsp3) is 0.333. The normalized spacial score (nSPS) is 12.6. The Labute approximate surface area is 228 Å². The topological polar surface area (TPSA) is 0 Å². The van der Waals surface area contributed by atoms with E-state index in [4.69, 9.17) is 0 Å². The van der Waals surface area contributed by atoms with Crippen molar-refractivity contribution in [1.29, 1.82) is 0 Å². The molecule has 0 N–H and O–H groups in total. The molecule has 0 saturated carbocycles. The number of hydrogen-bond acceptors (Lipinski definition) is 2. The van der Waals surface area contributed by atoms with E-state index in [1.54, 1.807) is 7.61 Å². The van der Waals surface area contributed by atoms with Crippen LogP contribution in [0, 0.1) is 0 Å². The summed E-state index contributed by atoms with van der Waals surface area (Å²) < 4.78 is 3.23. The van der Waals surface area contributed by atoms with Crippen molar-refractivity contribution in [2.24, 2.45) is 0 Å². The van der Waals surface area contributed by atoms with Crippen LogP contribution >= 0.6 is 23.5 Å². The van der Waals surface area contributed by atoms with Gasteiger partial charge in [0.1, 0.15) is 0 Å². The molecule has 182 valence electrons. The molecule has 0 aliphatic heterocycles. The average molecular weight is 621 g/mol. The fourth-order valence-corrected chi connectivity index (χ4v) is 17.4. The van der Waals surface area contributed by atoms with Crippen LogP contribution in [0.5, 0.6) is 0 Å². The van der Waals surface area contributed by atoms with E-state index in [2.05, 4.69) is 123 Å². The minimum absolute atomic E-state index is 0.440. The van der Waals surface area contributed by atoms with Gasteiger partial charge in [-0.2, -0.15) is 0 Å². The Balaban J connectivity index is 2.44. The molecule has 0 fully saturated rings. The van der Waals surface area contributed by atoms with Gasteiger partial charge < -0.3 is 0 Å². The van der Waals surface area contributed by atoms with Gasteiger partial charge in [0.25, 0.3) is 0 Å². The third kappa shape index (κ3) is 10.4. The van der Waals surface area contributed by atoms with Crippen LogP contribution < -0.4 is 0 Å². The third-order valence-corrected chi connectivity index (χ3v) is 18.3. The predicted octanol–water partition coefficient (Wildman–Crippen LogP) is 9.27. The second-order valence-corrected chi connectivity index (χ2v) is 17.2. The first kappa shape index (κ1) is 29.4. The van der Waals surface area contributed by atoms with E-state index < -0.39 is 0 Å². The summed E-state index contributed by atoms with van der Waals surface area (Å²) in [7, 11) is 0. The van der Waals surface area contributed by atoms with Crippen molar-refractivity contribution in [3.8, 4) is 0 Å². The van der Waals surface area contributed by atoms with Crippen molar-refractivity contribution >= 4 is 60.9 Å². The Morgan fingerprint density at radius 1 is 0.676 bits per heavy atom. The van der Waals surface area contributed by atoms with Gasteiger partial charge in [0, 0.05) is 0 Å². The molecule has 34 heavy (non-hydrogen) atoms. The number of hydrogen-bond donors (Lipinski definition) is 0. The van der Waals surface area contributed by atoms with Crippen LogP contribution in [0.4, 0.5) is 0 Å². The van der Waals surface area contributed by atoms with E-state index >= 15 is 0 Å². The molecule has 0 bridgehead atoms. The van der Waals surface area contributed by atoms with Gasteiger partial charge in [0.2, 0.25) is 0 Å². The van der Waals surface area contributed by atoms with Crippen molar-refractivity contribution in [1.82, 2.24) is 0 Å². The monoisotopic (exact) mass is 622 g/mol. The molecular weight excluding hydrogens is 582 g/mol. The Morgan fingerprint density at radius 2 is 1.06 bits per heavy atom. The van der Waals surface area contributed by atoms with Crippen molar-refractivity contribution in [3.05, 3.63) is 105 Å². The first-order chi connectivity index (χ1) is 16.7. The summed E-state index contributed by atoms with van der Waals surface area (Å²) in [5.74, 6) is 2.41. The molecule has 0 atom stereocenters. The molecule has 2 aromatic rings. The average Bonchev–Trinajstić information content (AvgIpc) is 2.88. The number of benzene rings is 2. The van der Waals surface area contributed by atoms with Crippen LogP contribution in [-0.4, -0.2) is 37.8 Å². The zero-order chi connectivity index (χ0) is 24.4. The number of unbranched alkanes of at least 4 members (excludes halogenated alkanes) is 2. The van der Waals surface area contributed by atoms with Gasteiger partial charge in [-0.15, -0.1) is 0 Å². The summed E-state index contributed by atoms with van der Waals surface area (Å²) >= 11 is 5.09. The number of allylic oxidation sites excluding steroid dienone is 4. The maximum absolute atomic E-state index is 4.09. The quantitative estimate of drug-likeness (QED) is 0.0983. The van der Waals surface area contributed by atoms with Crippen LogP contribution in [0.15, 0.2) is 93.6 Å². The van der Waals surface area contributed by atoms with Crippen molar-refractivity contribution < 1.29 is 0 Å². The van der Waals surface area contributed by atoms with Crippen LogP contribution in [-0.2, 0) is 0 Å². The standard InChI is InChI=1S/C30H38S2Se2/c1-5-9-23-31-29(27(17-7-3)25-19-13-11-14-20-25)33-34-30(32-24-10-6-2)28(18-8-4)26-21-15-12-16-22-26/h7-8,11-16,19-22H,3-6,9-10,17-18,23-24H2,1-2H3/b29-27+,30-28+. The van der Waals surface area contributed by atoms with Gasteiger partial charge in [0.05, 0.1) is 0 Å². The van der Waals surface area contributed by atoms with Gasteiger partial charge in [-0.25, -0.2) is 0 Å². The van der Waals surface area contributed by atoms with Crippen LogP contribution in [0.3, 0.4) is 0 Å². The van der Waals surface area contributed by atoms with Gasteiger partial charge in [-0.3, -0.25) is 0 Å². The Bertz CT molecular complexity index is 840. The Kier molecular flexibility index (Phi) is 15.9. The fourth-order valence-electron chi connectivity index (χ4n) is 3.22. The summed E-state index contributed by atoms with van der Waals surface area (Å²) in [6, 6.07) is 21.9. The van der Waals surface area contributed by atoms with Crippen LogP contribution in [0.25, 0.3) is 11.1 Å². The summed E-state index contributed by atoms with van der Waals surface area (Å²) in [5.41, 5.74) is 5.69. The molecule has 0 aromatic heterocycles. The minimum atomic E-state index is 0.440. The molecule has 0 amide bonds.